The Bertz CT molecular complexity index is 431. The fraction of sp³-hybridized carbons (Fsp3) is 0.533. The Balaban J connectivity index is 1.93. The molecule has 0 unspecified atom stereocenters. The number of rotatable bonds is 4. The molecule has 1 aromatic rings. The number of thiophene rings is 1. The Morgan fingerprint density at radius 1 is 1.58 bits per heavy atom. The third kappa shape index (κ3) is 3.91. The highest BCUT2D eigenvalue weighted by atomic mass is 32.1. The summed E-state index contributed by atoms with van der Waals surface area (Å²) in [6.45, 7) is 2.25. The van der Waals surface area contributed by atoms with Crippen LogP contribution in [0.5, 0.6) is 0 Å². The summed E-state index contributed by atoms with van der Waals surface area (Å²) in [5.74, 6) is 0.579. The first-order valence-corrected chi connectivity index (χ1v) is 7.66. The highest BCUT2D eigenvalue weighted by Gasteiger charge is 2.34. The average molecular weight is 279 g/mol. The van der Waals surface area contributed by atoms with Gasteiger partial charge in [-0.3, -0.25) is 4.79 Å². The third-order valence-electron chi connectivity index (χ3n) is 3.86. The summed E-state index contributed by atoms with van der Waals surface area (Å²) in [5, 5.41) is 14.6. The molecule has 19 heavy (non-hydrogen) atoms. The molecule has 0 bridgehead atoms. The molecule has 0 radical (unpaired) electrons. The van der Waals surface area contributed by atoms with Gasteiger partial charge in [-0.2, -0.15) is 0 Å². The SMILES string of the molecule is CC1CCC(CO)(NC(=O)/C=C/c2cccs2)CC1. The van der Waals surface area contributed by atoms with E-state index < -0.39 is 5.54 Å². The molecule has 0 atom stereocenters. The Morgan fingerprint density at radius 3 is 2.89 bits per heavy atom. The van der Waals surface area contributed by atoms with Gasteiger partial charge < -0.3 is 10.4 Å². The molecule has 1 aliphatic rings. The standard InChI is InChI=1S/C15H21NO2S/c1-12-6-8-15(11-17,9-7-12)16-14(18)5-4-13-3-2-10-19-13/h2-5,10,12,17H,6-9,11H2,1H3,(H,16,18)/b5-4+. The maximum atomic E-state index is 11.9. The number of aliphatic hydroxyl groups excluding tert-OH is 1. The van der Waals surface area contributed by atoms with E-state index in [4.69, 9.17) is 0 Å². The van der Waals surface area contributed by atoms with Crippen molar-refractivity contribution in [2.75, 3.05) is 6.61 Å². The maximum absolute atomic E-state index is 11.9. The molecule has 104 valence electrons. The van der Waals surface area contributed by atoms with Crippen molar-refractivity contribution in [2.45, 2.75) is 38.1 Å². The minimum atomic E-state index is -0.413. The van der Waals surface area contributed by atoms with E-state index >= 15 is 0 Å². The lowest BCUT2D eigenvalue weighted by atomic mass is 9.77. The molecule has 1 aromatic heterocycles. The molecule has 1 saturated carbocycles. The molecule has 0 spiro atoms. The summed E-state index contributed by atoms with van der Waals surface area (Å²) < 4.78 is 0. The van der Waals surface area contributed by atoms with Gasteiger partial charge in [0.25, 0.3) is 0 Å². The summed E-state index contributed by atoms with van der Waals surface area (Å²) in [4.78, 5) is 13.0. The summed E-state index contributed by atoms with van der Waals surface area (Å²) >= 11 is 1.60. The number of amides is 1. The molecule has 1 heterocycles. The van der Waals surface area contributed by atoms with Crippen LogP contribution < -0.4 is 5.32 Å². The molecule has 1 aliphatic carbocycles. The first-order chi connectivity index (χ1) is 9.13. The van der Waals surface area contributed by atoms with Crippen LogP contribution in [0.2, 0.25) is 0 Å². The van der Waals surface area contributed by atoms with Crippen LogP contribution in [0.3, 0.4) is 0 Å². The first kappa shape index (κ1) is 14.3. The highest BCUT2D eigenvalue weighted by molar-refractivity contribution is 7.10. The monoisotopic (exact) mass is 279 g/mol. The molecule has 2 N–H and O–H groups in total. The average Bonchev–Trinajstić information content (AvgIpc) is 2.93. The quantitative estimate of drug-likeness (QED) is 0.833. The van der Waals surface area contributed by atoms with Gasteiger partial charge in [-0.1, -0.05) is 13.0 Å². The number of carbonyl (C=O) groups excluding carboxylic acids is 1. The minimum absolute atomic E-state index is 0.0261. The van der Waals surface area contributed by atoms with Crippen molar-refractivity contribution in [1.29, 1.82) is 0 Å². The molecular formula is C15H21NO2S. The second-order valence-corrected chi connectivity index (χ2v) is 6.44. The van der Waals surface area contributed by atoms with Crippen molar-refractivity contribution < 1.29 is 9.90 Å². The van der Waals surface area contributed by atoms with Gasteiger partial charge in [-0.25, -0.2) is 0 Å². The smallest absolute Gasteiger partial charge is 0.244 e. The van der Waals surface area contributed by atoms with E-state index in [1.165, 1.54) is 0 Å². The van der Waals surface area contributed by atoms with Crippen molar-refractivity contribution in [1.82, 2.24) is 5.32 Å². The van der Waals surface area contributed by atoms with E-state index in [0.717, 1.165) is 30.6 Å². The van der Waals surface area contributed by atoms with Crippen LogP contribution in [0.15, 0.2) is 23.6 Å². The highest BCUT2D eigenvalue weighted by Crippen LogP contribution is 2.31. The molecular weight excluding hydrogens is 258 g/mol. The summed E-state index contributed by atoms with van der Waals surface area (Å²) in [7, 11) is 0. The number of carbonyl (C=O) groups is 1. The Hall–Kier alpha value is -1.13. The van der Waals surface area contributed by atoms with Crippen LogP contribution in [0.1, 0.15) is 37.5 Å². The van der Waals surface area contributed by atoms with E-state index in [0.29, 0.717) is 5.92 Å². The molecule has 3 nitrogen and oxygen atoms in total. The van der Waals surface area contributed by atoms with Gasteiger partial charge in [0.15, 0.2) is 0 Å². The van der Waals surface area contributed by atoms with E-state index in [1.54, 1.807) is 17.4 Å². The van der Waals surface area contributed by atoms with Gasteiger partial charge in [0.2, 0.25) is 5.91 Å². The van der Waals surface area contributed by atoms with Gasteiger partial charge in [-0.15, -0.1) is 11.3 Å². The lowest BCUT2D eigenvalue weighted by molar-refractivity contribution is -0.119. The Morgan fingerprint density at radius 2 is 2.32 bits per heavy atom. The zero-order valence-corrected chi connectivity index (χ0v) is 12.1. The predicted octanol–water partition coefficient (Wildman–Crippen LogP) is 2.82. The molecule has 4 heteroatoms. The normalized spacial score (nSPS) is 27.6. The van der Waals surface area contributed by atoms with Crippen molar-refractivity contribution in [3.8, 4) is 0 Å². The Kier molecular flexibility index (Phi) is 4.77. The molecule has 0 saturated heterocycles. The number of hydrogen-bond donors (Lipinski definition) is 2. The summed E-state index contributed by atoms with van der Waals surface area (Å²) in [6, 6.07) is 3.93. The van der Waals surface area contributed by atoms with Gasteiger partial charge >= 0.3 is 0 Å². The molecule has 0 aliphatic heterocycles. The van der Waals surface area contributed by atoms with Crippen molar-refractivity contribution in [3.05, 3.63) is 28.5 Å². The van der Waals surface area contributed by atoms with E-state index in [9.17, 15) is 9.90 Å². The second kappa shape index (κ2) is 6.35. The largest absolute Gasteiger partial charge is 0.394 e. The fourth-order valence-electron chi connectivity index (χ4n) is 2.48. The lowest BCUT2D eigenvalue weighted by Gasteiger charge is -2.38. The Labute approximate surface area is 118 Å². The van der Waals surface area contributed by atoms with Crippen molar-refractivity contribution in [3.63, 3.8) is 0 Å². The van der Waals surface area contributed by atoms with Gasteiger partial charge in [0.1, 0.15) is 0 Å². The number of hydrogen-bond acceptors (Lipinski definition) is 3. The van der Waals surface area contributed by atoms with Gasteiger partial charge in [0.05, 0.1) is 12.1 Å². The predicted molar refractivity (Wildman–Crippen MR) is 78.9 cm³/mol. The molecule has 1 fully saturated rings. The number of nitrogens with one attached hydrogen (secondary N) is 1. The van der Waals surface area contributed by atoms with Crippen LogP contribution in [-0.4, -0.2) is 23.2 Å². The maximum Gasteiger partial charge on any atom is 0.244 e. The lowest BCUT2D eigenvalue weighted by Crippen LogP contribution is -2.52. The molecule has 2 rings (SSSR count). The topological polar surface area (TPSA) is 49.3 Å². The summed E-state index contributed by atoms with van der Waals surface area (Å²) in [6.07, 6.45) is 7.23. The van der Waals surface area contributed by atoms with E-state index in [-0.39, 0.29) is 12.5 Å². The molecule has 1 amide bonds. The van der Waals surface area contributed by atoms with Crippen molar-refractivity contribution in [2.24, 2.45) is 5.92 Å². The van der Waals surface area contributed by atoms with E-state index in [1.807, 2.05) is 23.6 Å². The van der Waals surface area contributed by atoms with Crippen LogP contribution in [0.25, 0.3) is 6.08 Å². The van der Waals surface area contributed by atoms with Crippen LogP contribution in [-0.2, 0) is 4.79 Å². The summed E-state index contributed by atoms with van der Waals surface area (Å²) in [5.41, 5.74) is -0.413. The number of aliphatic hydroxyl groups is 1. The first-order valence-electron chi connectivity index (χ1n) is 6.78. The van der Waals surface area contributed by atoms with Crippen molar-refractivity contribution >= 4 is 23.3 Å². The van der Waals surface area contributed by atoms with Gasteiger partial charge in [0, 0.05) is 11.0 Å². The van der Waals surface area contributed by atoms with Crippen LogP contribution in [0.4, 0.5) is 0 Å². The molecule has 0 aromatic carbocycles. The third-order valence-corrected chi connectivity index (χ3v) is 4.70. The second-order valence-electron chi connectivity index (χ2n) is 5.46. The van der Waals surface area contributed by atoms with Crippen LogP contribution in [0, 0.1) is 5.92 Å². The fourth-order valence-corrected chi connectivity index (χ4v) is 3.10. The zero-order valence-electron chi connectivity index (χ0n) is 11.3. The van der Waals surface area contributed by atoms with Crippen LogP contribution >= 0.6 is 11.3 Å². The zero-order chi connectivity index (χ0) is 13.7. The van der Waals surface area contributed by atoms with Gasteiger partial charge in [-0.05, 0) is 49.1 Å². The van der Waals surface area contributed by atoms with E-state index in [2.05, 4.69) is 12.2 Å². The minimum Gasteiger partial charge on any atom is -0.394 e.